The van der Waals surface area contributed by atoms with Crippen molar-refractivity contribution in [2.24, 2.45) is 0 Å². The zero-order valence-electron chi connectivity index (χ0n) is 27.8. The molecule has 242 valence electrons. The van der Waals surface area contributed by atoms with Crippen molar-refractivity contribution in [1.82, 2.24) is 0 Å². The summed E-state index contributed by atoms with van der Waals surface area (Å²) in [6.07, 6.45) is 8.46. The minimum Gasteiger partial charge on any atom is -0.508 e. The van der Waals surface area contributed by atoms with Gasteiger partial charge in [-0.05, 0) is 107 Å². The Kier molecular flexibility index (Phi) is 22.9. The van der Waals surface area contributed by atoms with E-state index in [1.165, 1.54) is 16.7 Å². The Labute approximate surface area is 273 Å². The predicted molar refractivity (Wildman–Crippen MR) is 196 cm³/mol. The maximum atomic E-state index is 11.8. The number of aromatic hydroxyl groups is 3. The van der Waals surface area contributed by atoms with Gasteiger partial charge in [0.05, 0.1) is 6.67 Å². The van der Waals surface area contributed by atoms with Crippen molar-refractivity contribution in [1.29, 1.82) is 0 Å². The smallest absolute Gasteiger partial charge is 0.115 e. The molecular formula is C40H52FO3P. The number of aryl methyl sites for hydroxylation is 5. The summed E-state index contributed by atoms with van der Waals surface area (Å²) >= 11 is 0. The molecule has 0 spiro atoms. The Morgan fingerprint density at radius 1 is 0.644 bits per heavy atom. The lowest BCUT2D eigenvalue weighted by atomic mass is 10.2. The number of hydrogen-bond acceptors (Lipinski definition) is 3. The van der Waals surface area contributed by atoms with Gasteiger partial charge in [0.2, 0.25) is 0 Å². The zero-order valence-corrected chi connectivity index (χ0v) is 29.0. The van der Waals surface area contributed by atoms with Gasteiger partial charge in [0.25, 0.3) is 0 Å². The molecule has 1 atom stereocenters. The standard InChI is InChI=1S/C11H18FP.C8H10.3C7H8O/c1-10(6-8-12)4-3-5-11(2)7-9-13;1-7-4-3-5-8(2)6-7;3*1-6-3-2-4-7(8)5-6/h3-5H,1,6-9,13H2,2H3;3-6H,1-2H3;3*2-5,8H,1H3/b4-3-,11-5+;;;;. The summed E-state index contributed by atoms with van der Waals surface area (Å²) in [4.78, 5) is 0. The van der Waals surface area contributed by atoms with Crippen LogP contribution in [-0.4, -0.2) is 28.2 Å². The number of benzene rings is 4. The zero-order chi connectivity index (χ0) is 34.0. The summed E-state index contributed by atoms with van der Waals surface area (Å²) in [6.45, 7) is 15.5. The lowest BCUT2D eigenvalue weighted by molar-refractivity contribution is 0.474. The van der Waals surface area contributed by atoms with Gasteiger partial charge in [0, 0.05) is 6.42 Å². The minimum atomic E-state index is -0.322. The fraction of sp³-hybridized carbons (Fsp3) is 0.250. The SMILES string of the molecule is C=C(/C=C\C=C(/C)CCP)CCF.Cc1cccc(C)c1.Cc1cccc(O)c1.Cc1cccc(O)c1.Cc1cccc(O)c1. The lowest BCUT2D eigenvalue weighted by Crippen LogP contribution is -1.78. The van der Waals surface area contributed by atoms with E-state index in [0.29, 0.717) is 23.7 Å². The number of rotatable bonds is 6. The van der Waals surface area contributed by atoms with Crippen LogP contribution in [0.1, 0.15) is 47.6 Å². The Bertz CT molecular complexity index is 1200. The Morgan fingerprint density at radius 3 is 1.24 bits per heavy atom. The van der Waals surface area contributed by atoms with Crippen LogP contribution in [0.25, 0.3) is 0 Å². The summed E-state index contributed by atoms with van der Waals surface area (Å²) in [7, 11) is 2.69. The van der Waals surface area contributed by atoms with Crippen molar-refractivity contribution < 1.29 is 19.7 Å². The van der Waals surface area contributed by atoms with Gasteiger partial charge in [0.1, 0.15) is 17.2 Å². The van der Waals surface area contributed by atoms with Gasteiger partial charge < -0.3 is 15.3 Å². The van der Waals surface area contributed by atoms with Crippen LogP contribution in [-0.2, 0) is 0 Å². The molecule has 0 saturated heterocycles. The quantitative estimate of drug-likeness (QED) is 0.147. The van der Waals surface area contributed by atoms with E-state index in [0.717, 1.165) is 34.8 Å². The van der Waals surface area contributed by atoms with Gasteiger partial charge >= 0.3 is 0 Å². The van der Waals surface area contributed by atoms with Crippen LogP contribution in [0.4, 0.5) is 4.39 Å². The van der Waals surface area contributed by atoms with E-state index in [1.54, 1.807) is 36.4 Å². The molecule has 45 heavy (non-hydrogen) atoms. The number of halogens is 1. The molecule has 0 aliphatic rings. The van der Waals surface area contributed by atoms with E-state index in [4.69, 9.17) is 15.3 Å². The number of phenolic OH excluding ortho intramolecular Hbond substituents is 3. The van der Waals surface area contributed by atoms with Crippen molar-refractivity contribution in [2.45, 2.75) is 54.4 Å². The molecule has 0 fully saturated rings. The Hall–Kier alpha value is -4.14. The minimum absolute atomic E-state index is 0.322. The summed E-state index contributed by atoms with van der Waals surface area (Å²) in [5.41, 5.74) is 8.12. The van der Waals surface area contributed by atoms with E-state index in [2.05, 4.69) is 60.9 Å². The normalized spacial score (nSPS) is 10.1. The highest BCUT2D eigenvalue weighted by Gasteiger charge is 1.88. The third-order valence-corrected chi connectivity index (χ3v) is 6.13. The van der Waals surface area contributed by atoms with Gasteiger partial charge in [0.15, 0.2) is 0 Å². The number of alkyl halides is 1. The van der Waals surface area contributed by atoms with Crippen LogP contribution in [0.2, 0.25) is 0 Å². The summed E-state index contributed by atoms with van der Waals surface area (Å²) in [5.74, 6) is 1.01. The van der Waals surface area contributed by atoms with E-state index < -0.39 is 0 Å². The second-order valence-corrected chi connectivity index (χ2v) is 11.3. The Balaban J connectivity index is 0.000000546. The van der Waals surface area contributed by atoms with E-state index >= 15 is 0 Å². The molecule has 4 aromatic rings. The summed E-state index contributed by atoms with van der Waals surface area (Å²) in [6, 6.07) is 29.9. The molecule has 0 aromatic heterocycles. The molecule has 5 heteroatoms. The molecule has 0 bridgehead atoms. The first-order chi connectivity index (χ1) is 21.4. The van der Waals surface area contributed by atoms with Crippen LogP contribution in [0.3, 0.4) is 0 Å². The molecule has 0 heterocycles. The molecule has 0 radical (unpaired) electrons. The molecule has 3 N–H and O–H groups in total. The third kappa shape index (κ3) is 24.9. The third-order valence-electron chi connectivity index (χ3n) is 5.85. The van der Waals surface area contributed by atoms with Crippen molar-refractivity contribution in [3.63, 3.8) is 0 Å². The molecule has 0 saturated carbocycles. The fourth-order valence-electron chi connectivity index (χ4n) is 3.56. The first-order valence-electron chi connectivity index (χ1n) is 14.9. The highest BCUT2D eigenvalue weighted by atomic mass is 31.0. The van der Waals surface area contributed by atoms with Gasteiger partial charge in [-0.15, -0.1) is 9.24 Å². The number of hydrogen-bond donors (Lipinski definition) is 3. The summed E-state index contributed by atoms with van der Waals surface area (Å²) < 4.78 is 11.8. The first kappa shape index (κ1) is 40.9. The number of allylic oxidation sites excluding steroid dienone is 5. The Morgan fingerprint density at radius 2 is 1.00 bits per heavy atom. The van der Waals surface area contributed by atoms with Crippen molar-refractivity contribution in [3.05, 3.63) is 161 Å². The van der Waals surface area contributed by atoms with Gasteiger partial charge in [-0.25, -0.2) is 0 Å². The van der Waals surface area contributed by atoms with Crippen molar-refractivity contribution in [2.75, 3.05) is 12.8 Å². The maximum Gasteiger partial charge on any atom is 0.115 e. The molecule has 0 aliphatic heterocycles. The topological polar surface area (TPSA) is 60.7 Å². The maximum absolute atomic E-state index is 11.8. The molecule has 0 amide bonds. The highest BCUT2D eigenvalue weighted by molar-refractivity contribution is 7.16. The molecular weight excluding hydrogens is 578 g/mol. The summed E-state index contributed by atoms with van der Waals surface area (Å²) in [5, 5.41) is 26.4. The second kappa shape index (κ2) is 25.2. The van der Waals surface area contributed by atoms with E-state index in [9.17, 15) is 4.39 Å². The van der Waals surface area contributed by atoms with Gasteiger partial charge in [-0.2, -0.15) is 0 Å². The molecule has 4 aromatic carbocycles. The molecule has 0 aliphatic carbocycles. The van der Waals surface area contributed by atoms with Crippen molar-refractivity contribution >= 4 is 9.24 Å². The molecule has 1 unspecified atom stereocenters. The van der Waals surface area contributed by atoms with Crippen LogP contribution in [0.15, 0.2) is 133 Å². The van der Waals surface area contributed by atoms with Gasteiger partial charge in [-0.3, -0.25) is 4.39 Å². The fourth-order valence-corrected chi connectivity index (χ4v) is 4.01. The molecule has 4 rings (SSSR count). The average Bonchev–Trinajstić information content (AvgIpc) is 2.94. The second-order valence-electron chi connectivity index (χ2n) is 10.7. The lowest BCUT2D eigenvalue weighted by Gasteiger charge is -1.94. The van der Waals surface area contributed by atoms with Crippen LogP contribution < -0.4 is 0 Å². The first-order valence-corrected chi connectivity index (χ1v) is 15.8. The largest absolute Gasteiger partial charge is 0.508 e. The van der Waals surface area contributed by atoms with Crippen molar-refractivity contribution in [3.8, 4) is 17.2 Å². The molecule has 3 nitrogen and oxygen atoms in total. The van der Waals surface area contributed by atoms with Crippen LogP contribution in [0, 0.1) is 34.6 Å². The predicted octanol–water partition coefficient (Wildman–Crippen LogP) is 11.1. The average molecular weight is 631 g/mol. The monoisotopic (exact) mass is 630 g/mol. The van der Waals surface area contributed by atoms with E-state index in [-0.39, 0.29) is 6.67 Å². The van der Waals surface area contributed by atoms with Gasteiger partial charge in [-0.1, -0.05) is 108 Å². The van der Waals surface area contributed by atoms with Crippen LogP contribution >= 0.6 is 9.24 Å². The number of phenols is 3. The van der Waals surface area contributed by atoms with Crippen LogP contribution in [0.5, 0.6) is 17.2 Å². The highest BCUT2D eigenvalue weighted by Crippen LogP contribution is 2.10. The van der Waals surface area contributed by atoms with E-state index in [1.807, 2.05) is 75.4 Å².